The molecule has 1 amide bonds. The zero-order valence-corrected chi connectivity index (χ0v) is 16.1. The zero-order valence-electron chi connectivity index (χ0n) is 16.1. The number of nitrogens with one attached hydrogen (secondary N) is 2. The number of hydrogen-bond donors (Lipinski definition) is 2. The Morgan fingerprint density at radius 1 is 1.15 bits per heavy atom. The van der Waals surface area contributed by atoms with Crippen molar-refractivity contribution in [3.05, 3.63) is 42.5 Å². The monoisotopic (exact) mass is 357 g/mol. The number of carbonyl (C=O) groups is 1. The van der Waals surface area contributed by atoms with Crippen LogP contribution < -0.4 is 15.5 Å². The first-order valence-electron chi connectivity index (χ1n) is 9.22. The molecule has 0 unspecified atom stereocenters. The van der Waals surface area contributed by atoms with Gasteiger partial charge >= 0.3 is 0 Å². The topological polar surface area (TPSA) is 60.0 Å². The van der Waals surface area contributed by atoms with Gasteiger partial charge in [0.25, 0.3) is 0 Å². The van der Waals surface area contributed by atoms with Gasteiger partial charge in [-0.25, -0.2) is 4.99 Å². The molecule has 2 rings (SSSR count). The molecule has 6 heteroatoms. The Hall–Kier alpha value is -2.50. The van der Waals surface area contributed by atoms with Crippen molar-refractivity contribution in [1.29, 1.82) is 0 Å². The lowest BCUT2D eigenvalue weighted by atomic mass is 10.2. The minimum absolute atomic E-state index is 0.000502. The smallest absolute Gasteiger partial charge is 0.243 e. The Balaban J connectivity index is 1.79. The molecule has 2 N–H and O–H groups in total. The Morgan fingerprint density at radius 2 is 1.85 bits per heavy atom. The summed E-state index contributed by atoms with van der Waals surface area (Å²) >= 11 is 0. The molecule has 0 spiro atoms. The fraction of sp³-hybridized carbons (Fsp3) is 0.500. The second-order valence-electron chi connectivity index (χ2n) is 6.77. The van der Waals surface area contributed by atoms with Crippen molar-refractivity contribution < 1.29 is 4.79 Å². The first-order chi connectivity index (χ1) is 12.6. The Bertz CT molecular complexity index is 604. The van der Waals surface area contributed by atoms with Crippen LogP contribution in [-0.4, -0.2) is 63.6 Å². The van der Waals surface area contributed by atoms with Gasteiger partial charge in [0.1, 0.15) is 6.54 Å². The van der Waals surface area contributed by atoms with Crippen LogP contribution in [0.4, 0.5) is 5.69 Å². The minimum atomic E-state index is -0.000502. The number of carbonyl (C=O) groups excluding carboxylic acids is 1. The normalized spacial score (nSPS) is 14.3. The number of para-hydroxylation sites is 1. The zero-order chi connectivity index (χ0) is 18.8. The van der Waals surface area contributed by atoms with Crippen LogP contribution in [0.3, 0.4) is 0 Å². The number of aliphatic imine (C=N–C) groups is 1. The minimum Gasteiger partial charge on any atom is -0.375 e. The van der Waals surface area contributed by atoms with Gasteiger partial charge in [-0.3, -0.25) is 4.79 Å². The molecular formula is C20H31N5O. The van der Waals surface area contributed by atoms with Crippen molar-refractivity contribution >= 4 is 17.6 Å². The van der Waals surface area contributed by atoms with Crippen molar-refractivity contribution in [3.8, 4) is 0 Å². The SMILES string of the molecule is CN(C)C(=O)CN=C(NCCCN(C)c1ccccc1)NC1CC=CC1. The van der Waals surface area contributed by atoms with E-state index in [4.69, 9.17) is 0 Å². The molecule has 1 aliphatic rings. The fourth-order valence-corrected chi connectivity index (χ4v) is 2.70. The van der Waals surface area contributed by atoms with Gasteiger partial charge < -0.3 is 20.4 Å². The summed E-state index contributed by atoms with van der Waals surface area (Å²) in [7, 11) is 5.60. The average molecular weight is 358 g/mol. The molecule has 142 valence electrons. The van der Waals surface area contributed by atoms with Gasteiger partial charge in [-0.1, -0.05) is 30.4 Å². The summed E-state index contributed by atoms with van der Waals surface area (Å²) in [5.41, 5.74) is 1.22. The van der Waals surface area contributed by atoms with Crippen molar-refractivity contribution in [2.45, 2.75) is 25.3 Å². The summed E-state index contributed by atoms with van der Waals surface area (Å²) in [4.78, 5) is 20.1. The number of hydrogen-bond acceptors (Lipinski definition) is 3. The van der Waals surface area contributed by atoms with Crippen LogP contribution in [-0.2, 0) is 4.79 Å². The molecule has 0 saturated carbocycles. The van der Waals surface area contributed by atoms with Gasteiger partial charge in [0.2, 0.25) is 5.91 Å². The van der Waals surface area contributed by atoms with Crippen LogP contribution >= 0.6 is 0 Å². The largest absolute Gasteiger partial charge is 0.375 e. The van der Waals surface area contributed by atoms with Crippen molar-refractivity contribution in [1.82, 2.24) is 15.5 Å². The molecule has 0 bridgehead atoms. The lowest BCUT2D eigenvalue weighted by Crippen LogP contribution is -2.44. The van der Waals surface area contributed by atoms with Crippen molar-refractivity contribution in [3.63, 3.8) is 0 Å². The summed E-state index contributed by atoms with van der Waals surface area (Å²) in [5.74, 6) is 0.718. The highest BCUT2D eigenvalue weighted by atomic mass is 16.2. The third-order valence-electron chi connectivity index (χ3n) is 4.38. The Kier molecular flexibility index (Phi) is 7.99. The number of likely N-dealkylation sites (N-methyl/N-ethyl adjacent to an activating group) is 1. The van der Waals surface area contributed by atoms with Crippen LogP contribution in [0.25, 0.3) is 0 Å². The lowest BCUT2D eigenvalue weighted by molar-refractivity contribution is -0.127. The lowest BCUT2D eigenvalue weighted by Gasteiger charge is -2.21. The Morgan fingerprint density at radius 3 is 2.50 bits per heavy atom. The second-order valence-corrected chi connectivity index (χ2v) is 6.77. The first kappa shape index (κ1) is 19.8. The number of guanidine groups is 1. The maximum Gasteiger partial charge on any atom is 0.243 e. The molecule has 1 aliphatic carbocycles. The predicted molar refractivity (Wildman–Crippen MR) is 109 cm³/mol. The number of amides is 1. The van der Waals surface area contributed by atoms with E-state index in [-0.39, 0.29) is 12.5 Å². The van der Waals surface area contributed by atoms with E-state index in [9.17, 15) is 4.79 Å². The van der Waals surface area contributed by atoms with E-state index in [1.54, 1.807) is 19.0 Å². The number of benzene rings is 1. The van der Waals surface area contributed by atoms with E-state index in [1.165, 1.54) is 5.69 Å². The summed E-state index contributed by atoms with van der Waals surface area (Å²) in [6.07, 6.45) is 7.33. The third-order valence-corrected chi connectivity index (χ3v) is 4.38. The molecule has 1 aromatic carbocycles. The second kappa shape index (κ2) is 10.5. The highest BCUT2D eigenvalue weighted by molar-refractivity contribution is 5.85. The van der Waals surface area contributed by atoms with Crippen LogP contribution in [0.1, 0.15) is 19.3 Å². The molecule has 0 fully saturated rings. The van der Waals surface area contributed by atoms with Gasteiger partial charge in [0, 0.05) is 46.0 Å². The van der Waals surface area contributed by atoms with E-state index in [1.807, 2.05) is 6.07 Å². The van der Waals surface area contributed by atoms with Crippen molar-refractivity contribution in [2.75, 3.05) is 45.7 Å². The van der Waals surface area contributed by atoms with Gasteiger partial charge in [-0.2, -0.15) is 0 Å². The summed E-state index contributed by atoms with van der Waals surface area (Å²) < 4.78 is 0. The summed E-state index contributed by atoms with van der Waals surface area (Å²) in [6.45, 7) is 1.91. The van der Waals surface area contributed by atoms with Crippen molar-refractivity contribution in [2.24, 2.45) is 4.99 Å². The van der Waals surface area contributed by atoms with E-state index in [0.29, 0.717) is 6.04 Å². The van der Waals surface area contributed by atoms with Gasteiger partial charge in [0.05, 0.1) is 0 Å². The number of rotatable bonds is 8. The van der Waals surface area contributed by atoms with Crippen LogP contribution in [0.5, 0.6) is 0 Å². The highest BCUT2D eigenvalue weighted by Gasteiger charge is 2.12. The molecular weight excluding hydrogens is 326 g/mol. The Labute approximate surface area is 157 Å². The van der Waals surface area contributed by atoms with Gasteiger partial charge in [-0.15, -0.1) is 0 Å². The van der Waals surface area contributed by atoms with Crippen LogP contribution in [0, 0.1) is 0 Å². The molecule has 0 aliphatic heterocycles. The van der Waals surface area contributed by atoms with Gasteiger partial charge in [-0.05, 0) is 31.4 Å². The molecule has 0 saturated heterocycles. The quantitative estimate of drug-likeness (QED) is 0.323. The predicted octanol–water partition coefficient (Wildman–Crippen LogP) is 1.85. The molecule has 0 atom stereocenters. The molecule has 0 heterocycles. The standard InChI is InChI=1S/C20H31N5O/c1-24(2)19(26)16-22-20(23-17-10-7-8-11-17)21-14-9-15-25(3)18-12-5-4-6-13-18/h4-8,12-13,17H,9-11,14-16H2,1-3H3,(H2,21,22,23). The molecule has 0 radical (unpaired) electrons. The van der Waals surface area contributed by atoms with Crippen LogP contribution in [0.15, 0.2) is 47.5 Å². The fourth-order valence-electron chi connectivity index (χ4n) is 2.70. The third kappa shape index (κ3) is 6.78. The number of nitrogens with zero attached hydrogens (tertiary/aromatic N) is 3. The molecule has 0 aromatic heterocycles. The summed E-state index contributed by atoms with van der Waals surface area (Å²) in [5, 5.41) is 6.78. The van der Waals surface area contributed by atoms with E-state index in [2.05, 4.69) is 64.0 Å². The number of anilines is 1. The van der Waals surface area contributed by atoms with E-state index < -0.39 is 0 Å². The van der Waals surface area contributed by atoms with E-state index in [0.717, 1.165) is 38.3 Å². The summed E-state index contributed by atoms with van der Waals surface area (Å²) in [6, 6.07) is 10.7. The van der Waals surface area contributed by atoms with Crippen LogP contribution in [0.2, 0.25) is 0 Å². The molecule has 1 aromatic rings. The maximum atomic E-state index is 11.8. The first-order valence-corrected chi connectivity index (χ1v) is 9.22. The van der Waals surface area contributed by atoms with Gasteiger partial charge in [0.15, 0.2) is 5.96 Å². The maximum absolute atomic E-state index is 11.8. The van der Waals surface area contributed by atoms with E-state index >= 15 is 0 Å². The highest BCUT2D eigenvalue weighted by Crippen LogP contribution is 2.11. The average Bonchev–Trinajstić information content (AvgIpc) is 3.16. The molecule has 26 heavy (non-hydrogen) atoms. The molecule has 6 nitrogen and oxygen atoms in total.